The van der Waals surface area contributed by atoms with Gasteiger partial charge >= 0.3 is 0 Å². The van der Waals surface area contributed by atoms with Gasteiger partial charge in [-0.2, -0.15) is 0 Å². The zero-order chi connectivity index (χ0) is 17.7. The summed E-state index contributed by atoms with van der Waals surface area (Å²) < 4.78 is 42.4. The van der Waals surface area contributed by atoms with Gasteiger partial charge in [0.15, 0.2) is 11.5 Å². The van der Waals surface area contributed by atoms with Crippen molar-refractivity contribution >= 4 is 33.1 Å². The number of anilines is 1. The highest BCUT2D eigenvalue weighted by Gasteiger charge is 2.18. The Bertz CT molecular complexity index is 855. The van der Waals surface area contributed by atoms with Crippen LogP contribution in [0.1, 0.15) is 11.4 Å². The Morgan fingerprint density at radius 1 is 1.46 bits per heavy atom. The average molecular weight is 378 g/mol. The highest BCUT2D eigenvalue weighted by atomic mass is 35.5. The van der Waals surface area contributed by atoms with Crippen LogP contribution in [0.3, 0.4) is 0 Å². The monoisotopic (exact) mass is 377 g/mol. The van der Waals surface area contributed by atoms with Crippen LogP contribution >= 0.6 is 11.6 Å². The summed E-state index contributed by atoms with van der Waals surface area (Å²) >= 11 is 5.70. The van der Waals surface area contributed by atoms with Crippen LogP contribution in [0.4, 0.5) is 10.1 Å². The molecule has 0 aliphatic heterocycles. The molecule has 24 heavy (non-hydrogen) atoms. The second kappa shape index (κ2) is 7.66. The molecule has 130 valence electrons. The molecule has 0 saturated heterocycles. The van der Waals surface area contributed by atoms with Crippen molar-refractivity contribution < 1.29 is 22.5 Å². The fraction of sp³-hybridized carbons (Fsp3) is 0.250. The number of aromatic nitrogens is 2. The minimum Gasteiger partial charge on any atom is -0.374 e. The van der Waals surface area contributed by atoms with Crippen molar-refractivity contribution in [3.05, 3.63) is 40.4 Å². The summed E-state index contributed by atoms with van der Waals surface area (Å²) in [7, 11) is -3.45. The molecular weight excluding hydrogens is 365 g/mol. The molecule has 1 aromatic carbocycles. The number of amidine groups is 1. The van der Waals surface area contributed by atoms with Gasteiger partial charge in [0.05, 0.1) is 17.8 Å². The zero-order valence-electron chi connectivity index (χ0n) is 12.3. The molecule has 0 bridgehead atoms. The van der Waals surface area contributed by atoms with Gasteiger partial charge in [-0.15, -0.1) is 0 Å². The van der Waals surface area contributed by atoms with Crippen molar-refractivity contribution in [1.82, 2.24) is 15.0 Å². The van der Waals surface area contributed by atoms with Crippen LogP contribution in [-0.2, 0) is 16.6 Å². The maximum atomic E-state index is 13.2. The Morgan fingerprint density at radius 2 is 2.21 bits per heavy atom. The Balaban J connectivity index is 2.27. The van der Waals surface area contributed by atoms with Crippen LogP contribution in [0.25, 0.3) is 0 Å². The molecule has 0 atom stereocenters. The maximum absolute atomic E-state index is 13.2. The maximum Gasteiger partial charge on any atom is 0.209 e. The summed E-state index contributed by atoms with van der Waals surface area (Å²) in [4.78, 5) is 3.80. The van der Waals surface area contributed by atoms with Crippen LogP contribution < -0.4 is 10.0 Å². The fourth-order valence-corrected chi connectivity index (χ4v) is 2.24. The molecule has 0 radical (unpaired) electrons. The molecule has 0 saturated carbocycles. The predicted octanol–water partition coefficient (Wildman–Crippen LogP) is 0.720. The quantitative estimate of drug-likeness (QED) is 0.499. The molecule has 2 rings (SSSR count). The third-order valence-corrected chi connectivity index (χ3v) is 3.65. The summed E-state index contributed by atoms with van der Waals surface area (Å²) in [6, 6.07) is 3.86. The van der Waals surface area contributed by atoms with Gasteiger partial charge in [-0.05, 0) is 23.4 Å². The molecule has 0 fully saturated rings. The molecular formula is C12H13ClFN5O4S. The number of nitrogens with one attached hydrogen (secondary N) is 2. The minimum absolute atomic E-state index is 0.0479. The largest absolute Gasteiger partial charge is 0.374 e. The van der Waals surface area contributed by atoms with E-state index >= 15 is 0 Å². The molecule has 9 nitrogen and oxygen atoms in total. The van der Waals surface area contributed by atoms with E-state index < -0.39 is 22.6 Å². The number of aliphatic hydroxyl groups excluding tert-OH is 1. The molecule has 0 aliphatic carbocycles. The number of halogens is 2. The zero-order valence-corrected chi connectivity index (χ0v) is 13.9. The van der Waals surface area contributed by atoms with Crippen LogP contribution in [0.15, 0.2) is 27.8 Å². The topological polar surface area (TPSA) is 130 Å². The molecule has 1 aromatic heterocycles. The standard InChI is InChI=1S/C12H13ClFN5O4S/c1-24(21,22)16-5-10-11(19-23-18-10)12(15-6-20)17-7-2-3-9(14)8(13)4-7/h2-4,16,20H,5-6H2,1H3,(H,15,17). The molecule has 0 amide bonds. The Labute approximate surface area is 141 Å². The fourth-order valence-electron chi connectivity index (χ4n) is 1.66. The van der Waals surface area contributed by atoms with E-state index in [1.807, 2.05) is 0 Å². The molecule has 3 N–H and O–H groups in total. The lowest BCUT2D eigenvalue weighted by Gasteiger charge is -2.09. The number of nitrogens with zero attached hydrogens (tertiary/aromatic N) is 3. The minimum atomic E-state index is -3.45. The summed E-state index contributed by atoms with van der Waals surface area (Å²) in [6.07, 6.45) is 0.988. The van der Waals surface area contributed by atoms with Gasteiger partial charge in [-0.25, -0.2) is 27.2 Å². The third-order valence-electron chi connectivity index (χ3n) is 2.69. The van der Waals surface area contributed by atoms with Gasteiger partial charge in [-0.1, -0.05) is 16.8 Å². The van der Waals surface area contributed by atoms with Crippen molar-refractivity contribution in [2.75, 3.05) is 18.3 Å². The van der Waals surface area contributed by atoms with Crippen LogP contribution in [0.2, 0.25) is 5.02 Å². The summed E-state index contributed by atoms with van der Waals surface area (Å²) in [6.45, 7) is -0.767. The lowest BCUT2D eigenvalue weighted by Crippen LogP contribution is -2.24. The van der Waals surface area contributed by atoms with Gasteiger partial charge in [-0.3, -0.25) is 0 Å². The first-order valence-corrected chi connectivity index (χ1v) is 8.71. The molecule has 2 aromatic rings. The van der Waals surface area contributed by atoms with Crippen molar-refractivity contribution in [2.45, 2.75) is 6.54 Å². The van der Waals surface area contributed by atoms with Crippen molar-refractivity contribution in [2.24, 2.45) is 4.99 Å². The summed E-state index contributed by atoms with van der Waals surface area (Å²) in [5, 5.41) is 19.0. The number of sulfonamides is 1. The molecule has 0 unspecified atom stereocenters. The molecule has 0 spiro atoms. The van der Waals surface area contributed by atoms with E-state index in [4.69, 9.17) is 16.7 Å². The number of aliphatic hydroxyl groups is 1. The normalized spacial score (nSPS) is 12.4. The second-order valence-corrected chi connectivity index (χ2v) is 6.80. The van der Waals surface area contributed by atoms with E-state index in [1.54, 1.807) is 0 Å². The van der Waals surface area contributed by atoms with E-state index in [2.05, 4.69) is 30.0 Å². The van der Waals surface area contributed by atoms with Gasteiger partial charge in [0.25, 0.3) is 0 Å². The van der Waals surface area contributed by atoms with Crippen LogP contribution in [0.5, 0.6) is 0 Å². The van der Waals surface area contributed by atoms with Gasteiger partial charge in [0.2, 0.25) is 10.0 Å². The number of benzene rings is 1. The summed E-state index contributed by atoms with van der Waals surface area (Å²) in [5.74, 6) is -0.546. The first kappa shape index (κ1) is 18.3. The van der Waals surface area contributed by atoms with E-state index in [0.29, 0.717) is 5.69 Å². The van der Waals surface area contributed by atoms with E-state index in [0.717, 1.165) is 12.3 Å². The Kier molecular flexibility index (Phi) is 5.83. The number of hydrogen-bond donors (Lipinski definition) is 3. The number of rotatable bonds is 6. The van der Waals surface area contributed by atoms with Crippen molar-refractivity contribution in [3.8, 4) is 0 Å². The lowest BCUT2D eigenvalue weighted by molar-refractivity contribution is 0.301. The predicted molar refractivity (Wildman–Crippen MR) is 84.6 cm³/mol. The summed E-state index contributed by atoms with van der Waals surface area (Å²) in [5.41, 5.74) is 0.604. The van der Waals surface area contributed by atoms with E-state index in [9.17, 15) is 12.8 Å². The first-order chi connectivity index (χ1) is 11.3. The van der Waals surface area contributed by atoms with E-state index in [-0.39, 0.29) is 28.8 Å². The molecule has 1 heterocycles. The van der Waals surface area contributed by atoms with Crippen LogP contribution in [0, 0.1) is 5.82 Å². The van der Waals surface area contributed by atoms with Crippen LogP contribution in [-0.4, -0.2) is 42.7 Å². The van der Waals surface area contributed by atoms with Crippen molar-refractivity contribution in [3.63, 3.8) is 0 Å². The average Bonchev–Trinajstić information content (AvgIpc) is 2.96. The highest BCUT2D eigenvalue weighted by Crippen LogP contribution is 2.20. The van der Waals surface area contributed by atoms with Gasteiger partial charge in [0.1, 0.15) is 18.2 Å². The second-order valence-electron chi connectivity index (χ2n) is 4.55. The smallest absolute Gasteiger partial charge is 0.209 e. The highest BCUT2D eigenvalue weighted by molar-refractivity contribution is 7.88. The van der Waals surface area contributed by atoms with E-state index in [1.165, 1.54) is 12.1 Å². The Hall–Kier alpha value is -2.08. The first-order valence-electron chi connectivity index (χ1n) is 6.44. The number of aliphatic imine (C=N–C) groups is 1. The third kappa shape index (κ3) is 4.96. The molecule has 12 heteroatoms. The number of hydrogen-bond acceptors (Lipinski definition) is 7. The Morgan fingerprint density at radius 3 is 2.83 bits per heavy atom. The van der Waals surface area contributed by atoms with Crippen molar-refractivity contribution in [1.29, 1.82) is 0 Å². The molecule has 0 aliphatic rings. The lowest BCUT2D eigenvalue weighted by atomic mass is 10.2. The van der Waals surface area contributed by atoms with Gasteiger partial charge < -0.3 is 10.4 Å². The van der Waals surface area contributed by atoms with Gasteiger partial charge in [0, 0.05) is 5.69 Å². The SMILES string of the molecule is CS(=O)(=O)NCc1nonc1C(=NCO)Nc1ccc(F)c(Cl)c1.